The fourth-order valence-electron chi connectivity index (χ4n) is 3.79. The standard InChI is InChI=1S/C27H18F4N4O2S/c1-16-12-17(6-11-24(16)37-27(29,30)31)25-33-13-20(38-25)15-35(19-9-7-18(28)8-10-19)26(36)23-14-32-21-4-2-3-5-22(21)34-23/h2-14H,15H2,1H3. The lowest BCUT2D eigenvalue weighted by Gasteiger charge is -2.22. The molecule has 0 spiro atoms. The summed E-state index contributed by atoms with van der Waals surface area (Å²) in [6, 6.07) is 16.9. The monoisotopic (exact) mass is 538 g/mol. The third-order valence-corrected chi connectivity index (χ3v) is 6.60. The zero-order valence-corrected chi connectivity index (χ0v) is 20.6. The lowest BCUT2D eigenvalue weighted by Crippen LogP contribution is -2.31. The van der Waals surface area contributed by atoms with E-state index in [2.05, 4.69) is 19.7 Å². The molecule has 5 aromatic rings. The molecule has 5 rings (SSSR count). The molecule has 38 heavy (non-hydrogen) atoms. The van der Waals surface area contributed by atoms with Crippen molar-refractivity contribution in [1.82, 2.24) is 15.0 Å². The molecule has 0 aliphatic carbocycles. The van der Waals surface area contributed by atoms with Gasteiger partial charge in [0, 0.05) is 22.3 Å². The number of fused-ring (bicyclic) bond motifs is 1. The Hall–Kier alpha value is -4.38. The fourth-order valence-corrected chi connectivity index (χ4v) is 4.69. The van der Waals surface area contributed by atoms with Crippen molar-refractivity contribution >= 4 is 34.0 Å². The number of para-hydroxylation sites is 2. The van der Waals surface area contributed by atoms with Crippen molar-refractivity contribution in [2.75, 3.05) is 4.90 Å². The van der Waals surface area contributed by atoms with Gasteiger partial charge in [-0.15, -0.1) is 24.5 Å². The number of carbonyl (C=O) groups is 1. The summed E-state index contributed by atoms with van der Waals surface area (Å²) in [5.74, 6) is -1.17. The molecular formula is C27H18F4N4O2S. The Labute approximate surface area is 218 Å². The van der Waals surface area contributed by atoms with Gasteiger partial charge in [-0.1, -0.05) is 12.1 Å². The van der Waals surface area contributed by atoms with Crippen molar-refractivity contribution in [3.05, 3.63) is 101 Å². The zero-order chi connectivity index (χ0) is 26.9. The van der Waals surface area contributed by atoms with Gasteiger partial charge in [-0.2, -0.15) is 0 Å². The van der Waals surface area contributed by atoms with Gasteiger partial charge in [0.2, 0.25) is 0 Å². The number of hydrogen-bond donors (Lipinski definition) is 0. The van der Waals surface area contributed by atoms with E-state index in [9.17, 15) is 22.4 Å². The van der Waals surface area contributed by atoms with Crippen molar-refractivity contribution < 1.29 is 27.1 Å². The van der Waals surface area contributed by atoms with E-state index in [0.717, 1.165) is 0 Å². The number of halogens is 4. The van der Waals surface area contributed by atoms with Gasteiger partial charge in [0.15, 0.2) is 0 Å². The predicted molar refractivity (Wildman–Crippen MR) is 135 cm³/mol. The second-order valence-corrected chi connectivity index (χ2v) is 9.39. The van der Waals surface area contributed by atoms with E-state index in [-0.39, 0.29) is 18.0 Å². The maximum atomic E-state index is 13.6. The molecule has 0 saturated heterocycles. The van der Waals surface area contributed by atoms with E-state index in [1.54, 1.807) is 30.5 Å². The van der Waals surface area contributed by atoms with Crippen molar-refractivity contribution in [2.45, 2.75) is 19.8 Å². The first kappa shape index (κ1) is 25.3. The first-order valence-corrected chi connectivity index (χ1v) is 12.1. The molecule has 0 saturated carbocycles. The van der Waals surface area contributed by atoms with Gasteiger partial charge in [-0.05, 0) is 67.1 Å². The number of benzene rings is 3. The Morgan fingerprint density at radius 1 is 0.974 bits per heavy atom. The number of amides is 1. The minimum Gasteiger partial charge on any atom is -0.406 e. The van der Waals surface area contributed by atoms with Crippen LogP contribution in [0.2, 0.25) is 0 Å². The molecule has 0 unspecified atom stereocenters. The average molecular weight is 539 g/mol. The Kier molecular flexibility index (Phi) is 6.77. The summed E-state index contributed by atoms with van der Waals surface area (Å²) in [5.41, 5.74) is 2.68. The van der Waals surface area contributed by atoms with Crippen LogP contribution in [-0.2, 0) is 6.54 Å². The van der Waals surface area contributed by atoms with Crippen LogP contribution < -0.4 is 9.64 Å². The number of alkyl halides is 3. The topological polar surface area (TPSA) is 68.2 Å². The molecule has 2 aromatic heterocycles. The molecule has 6 nitrogen and oxygen atoms in total. The fraction of sp³-hybridized carbons (Fsp3) is 0.111. The van der Waals surface area contributed by atoms with Gasteiger partial charge < -0.3 is 9.64 Å². The molecule has 0 radical (unpaired) electrons. The normalized spacial score (nSPS) is 11.5. The summed E-state index contributed by atoms with van der Waals surface area (Å²) in [4.78, 5) is 28.9. The van der Waals surface area contributed by atoms with Gasteiger partial charge >= 0.3 is 6.36 Å². The molecule has 0 atom stereocenters. The second-order valence-electron chi connectivity index (χ2n) is 8.27. The summed E-state index contributed by atoms with van der Waals surface area (Å²) >= 11 is 1.28. The summed E-state index contributed by atoms with van der Waals surface area (Å²) in [7, 11) is 0. The van der Waals surface area contributed by atoms with E-state index in [4.69, 9.17) is 0 Å². The number of carbonyl (C=O) groups excluding carboxylic acids is 1. The third kappa shape index (κ3) is 5.62. The highest BCUT2D eigenvalue weighted by Gasteiger charge is 2.31. The van der Waals surface area contributed by atoms with Crippen LogP contribution in [0.3, 0.4) is 0 Å². The quantitative estimate of drug-likeness (QED) is 0.219. The highest BCUT2D eigenvalue weighted by molar-refractivity contribution is 7.15. The number of nitrogens with zero attached hydrogens (tertiary/aromatic N) is 4. The van der Waals surface area contributed by atoms with Crippen LogP contribution in [0.1, 0.15) is 20.9 Å². The highest BCUT2D eigenvalue weighted by atomic mass is 32.1. The predicted octanol–water partition coefficient (Wildman–Crippen LogP) is 6.95. The molecule has 0 bridgehead atoms. The minimum absolute atomic E-state index is 0.102. The van der Waals surface area contributed by atoms with Crippen LogP contribution in [-0.4, -0.2) is 27.2 Å². The Morgan fingerprint density at radius 3 is 2.42 bits per heavy atom. The molecule has 0 fully saturated rings. The number of anilines is 1. The van der Waals surface area contributed by atoms with Crippen molar-refractivity contribution in [3.8, 4) is 16.3 Å². The number of aryl methyl sites for hydroxylation is 1. The van der Waals surface area contributed by atoms with Gasteiger partial charge in [0.1, 0.15) is 22.3 Å². The number of aromatic nitrogens is 3. The Bertz CT molecular complexity index is 1620. The SMILES string of the molecule is Cc1cc(-c2ncc(CN(C(=O)c3cnc4ccccc4n3)c3ccc(F)cc3)s2)ccc1OC(F)(F)F. The summed E-state index contributed by atoms with van der Waals surface area (Å²) in [6.07, 6.45) is -1.80. The van der Waals surface area contributed by atoms with Crippen LogP contribution in [0, 0.1) is 12.7 Å². The molecule has 3 aromatic carbocycles. The van der Waals surface area contributed by atoms with E-state index < -0.39 is 18.1 Å². The molecule has 1 amide bonds. The summed E-state index contributed by atoms with van der Waals surface area (Å²) in [5, 5.41) is 0.554. The highest BCUT2D eigenvalue weighted by Crippen LogP contribution is 2.33. The van der Waals surface area contributed by atoms with Crippen molar-refractivity contribution in [1.29, 1.82) is 0 Å². The van der Waals surface area contributed by atoms with E-state index in [0.29, 0.717) is 37.7 Å². The maximum absolute atomic E-state index is 13.6. The van der Waals surface area contributed by atoms with Crippen LogP contribution in [0.25, 0.3) is 21.6 Å². The molecule has 0 aliphatic heterocycles. The molecule has 11 heteroatoms. The van der Waals surface area contributed by atoms with Gasteiger partial charge in [0.25, 0.3) is 5.91 Å². The number of hydrogen-bond acceptors (Lipinski definition) is 6. The van der Waals surface area contributed by atoms with Crippen LogP contribution >= 0.6 is 11.3 Å². The smallest absolute Gasteiger partial charge is 0.406 e. The first-order valence-electron chi connectivity index (χ1n) is 11.3. The van der Waals surface area contributed by atoms with Crippen molar-refractivity contribution in [2.24, 2.45) is 0 Å². The van der Waals surface area contributed by atoms with Gasteiger partial charge in [0.05, 0.1) is 23.8 Å². The van der Waals surface area contributed by atoms with E-state index in [1.807, 2.05) is 6.07 Å². The van der Waals surface area contributed by atoms with Gasteiger partial charge in [-0.25, -0.2) is 14.4 Å². The van der Waals surface area contributed by atoms with Crippen LogP contribution in [0.15, 0.2) is 79.1 Å². The molecule has 192 valence electrons. The first-order chi connectivity index (χ1) is 18.2. The molecule has 0 N–H and O–H groups in total. The van der Waals surface area contributed by atoms with Crippen LogP contribution in [0.4, 0.5) is 23.2 Å². The van der Waals surface area contributed by atoms with Crippen molar-refractivity contribution in [3.63, 3.8) is 0 Å². The molecule has 2 heterocycles. The number of rotatable bonds is 6. The zero-order valence-electron chi connectivity index (χ0n) is 19.7. The lowest BCUT2D eigenvalue weighted by molar-refractivity contribution is -0.274. The number of ether oxygens (including phenoxy) is 1. The molecule has 0 aliphatic rings. The minimum atomic E-state index is -4.79. The van der Waals surface area contributed by atoms with E-state index >= 15 is 0 Å². The Balaban J connectivity index is 1.44. The van der Waals surface area contributed by atoms with Crippen LogP contribution in [0.5, 0.6) is 5.75 Å². The maximum Gasteiger partial charge on any atom is 0.573 e. The lowest BCUT2D eigenvalue weighted by atomic mass is 10.1. The summed E-state index contributed by atoms with van der Waals surface area (Å²) in [6.45, 7) is 1.61. The average Bonchev–Trinajstić information content (AvgIpc) is 3.36. The second kappa shape index (κ2) is 10.2. The van der Waals surface area contributed by atoms with E-state index in [1.165, 1.54) is 65.8 Å². The summed E-state index contributed by atoms with van der Waals surface area (Å²) < 4.78 is 55.5. The van der Waals surface area contributed by atoms with Gasteiger partial charge in [-0.3, -0.25) is 9.78 Å². The number of thiazole rings is 1. The third-order valence-electron chi connectivity index (χ3n) is 5.57. The largest absolute Gasteiger partial charge is 0.573 e. The Morgan fingerprint density at radius 2 is 1.71 bits per heavy atom. The molecular weight excluding hydrogens is 520 g/mol.